The highest BCUT2D eigenvalue weighted by Crippen LogP contribution is 2.36. The molecule has 0 aliphatic rings. The van der Waals surface area contributed by atoms with Gasteiger partial charge < -0.3 is 5.32 Å². The SMILES string of the molecule is O=C(Nc1ccc(-n2nc(C(F)(F)F)cc2C(F)(F)F)cc1)c1ccccc1[N+](=O)[O-]. The molecule has 0 spiro atoms. The van der Waals surface area contributed by atoms with Crippen LogP contribution in [0.5, 0.6) is 0 Å². The van der Waals surface area contributed by atoms with Crippen molar-refractivity contribution in [2.45, 2.75) is 12.4 Å². The van der Waals surface area contributed by atoms with Crippen molar-refractivity contribution >= 4 is 17.3 Å². The predicted molar refractivity (Wildman–Crippen MR) is 94.6 cm³/mol. The third-order valence-electron chi connectivity index (χ3n) is 4.01. The van der Waals surface area contributed by atoms with Crippen molar-refractivity contribution in [2.24, 2.45) is 0 Å². The van der Waals surface area contributed by atoms with Gasteiger partial charge in [-0.2, -0.15) is 31.4 Å². The van der Waals surface area contributed by atoms with Gasteiger partial charge in [-0.1, -0.05) is 12.1 Å². The average Bonchev–Trinajstić information content (AvgIpc) is 3.15. The lowest BCUT2D eigenvalue weighted by Crippen LogP contribution is -2.15. The number of carbonyl (C=O) groups is 1. The number of nitrogens with one attached hydrogen (secondary N) is 1. The first-order valence-electron chi connectivity index (χ1n) is 8.27. The normalized spacial score (nSPS) is 11.9. The van der Waals surface area contributed by atoms with E-state index in [0.29, 0.717) is 0 Å². The Kier molecular flexibility index (Phi) is 5.44. The molecule has 0 radical (unpaired) electrons. The Morgan fingerprint density at radius 2 is 1.58 bits per heavy atom. The number of nitro groups is 1. The second kappa shape index (κ2) is 7.74. The number of amides is 1. The zero-order valence-corrected chi connectivity index (χ0v) is 15.0. The Balaban J connectivity index is 1.90. The molecule has 3 aromatic rings. The number of para-hydroxylation sites is 1. The maximum atomic E-state index is 13.1. The van der Waals surface area contributed by atoms with Gasteiger partial charge >= 0.3 is 12.4 Å². The van der Waals surface area contributed by atoms with Crippen molar-refractivity contribution in [3.8, 4) is 5.69 Å². The molecule has 162 valence electrons. The summed E-state index contributed by atoms with van der Waals surface area (Å²) in [6, 6.07) is 9.25. The quantitative estimate of drug-likeness (QED) is 0.346. The second-order valence-electron chi connectivity index (χ2n) is 6.10. The van der Waals surface area contributed by atoms with Gasteiger partial charge in [0, 0.05) is 17.8 Å². The summed E-state index contributed by atoms with van der Waals surface area (Å²) in [5, 5.41) is 16.3. The molecule has 1 aromatic heterocycles. The molecule has 0 aliphatic carbocycles. The van der Waals surface area contributed by atoms with Crippen molar-refractivity contribution in [1.82, 2.24) is 9.78 Å². The average molecular weight is 444 g/mol. The van der Waals surface area contributed by atoms with E-state index in [4.69, 9.17) is 0 Å². The zero-order chi connectivity index (χ0) is 23.0. The molecule has 0 atom stereocenters. The number of benzene rings is 2. The Morgan fingerprint density at radius 3 is 2.13 bits per heavy atom. The predicted octanol–water partition coefficient (Wildman–Crippen LogP) is 5.07. The van der Waals surface area contributed by atoms with Crippen LogP contribution in [0.3, 0.4) is 0 Å². The van der Waals surface area contributed by atoms with Crippen LogP contribution < -0.4 is 5.32 Å². The number of hydrogen-bond donors (Lipinski definition) is 1. The molecular weight excluding hydrogens is 434 g/mol. The Hall–Kier alpha value is -3.90. The monoisotopic (exact) mass is 444 g/mol. The van der Waals surface area contributed by atoms with Crippen LogP contribution in [-0.2, 0) is 12.4 Å². The molecule has 7 nitrogen and oxygen atoms in total. The maximum Gasteiger partial charge on any atom is 0.435 e. The highest BCUT2D eigenvalue weighted by atomic mass is 19.4. The topological polar surface area (TPSA) is 90.1 Å². The number of alkyl halides is 6. The van der Waals surface area contributed by atoms with Gasteiger partial charge in [0.15, 0.2) is 5.69 Å². The molecule has 0 fully saturated rings. The van der Waals surface area contributed by atoms with Gasteiger partial charge in [0.1, 0.15) is 11.3 Å². The minimum absolute atomic E-state index is 0.0451. The molecule has 0 unspecified atom stereocenters. The summed E-state index contributed by atoms with van der Waals surface area (Å²) < 4.78 is 77.9. The van der Waals surface area contributed by atoms with E-state index in [0.717, 1.165) is 30.3 Å². The number of carbonyl (C=O) groups excluding carboxylic acids is 1. The third kappa shape index (κ3) is 4.65. The molecule has 31 heavy (non-hydrogen) atoms. The first-order valence-corrected chi connectivity index (χ1v) is 8.27. The first-order chi connectivity index (χ1) is 14.4. The van der Waals surface area contributed by atoms with Gasteiger partial charge in [-0.25, -0.2) is 4.68 Å². The van der Waals surface area contributed by atoms with E-state index in [-0.39, 0.29) is 27.7 Å². The molecule has 0 saturated carbocycles. The third-order valence-corrected chi connectivity index (χ3v) is 4.01. The number of aromatic nitrogens is 2. The minimum atomic E-state index is -5.10. The Morgan fingerprint density at radius 1 is 0.968 bits per heavy atom. The Bertz CT molecular complexity index is 1140. The van der Waals surface area contributed by atoms with Crippen molar-refractivity contribution in [2.75, 3.05) is 5.32 Å². The van der Waals surface area contributed by atoms with Crippen LogP contribution >= 0.6 is 0 Å². The van der Waals surface area contributed by atoms with Gasteiger partial charge in [-0.3, -0.25) is 14.9 Å². The molecule has 0 aliphatic heterocycles. The van der Waals surface area contributed by atoms with Crippen LogP contribution in [0.4, 0.5) is 37.7 Å². The maximum absolute atomic E-state index is 13.1. The number of nitrogens with zero attached hydrogens (tertiary/aromatic N) is 3. The van der Waals surface area contributed by atoms with Crippen LogP contribution in [0.15, 0.2) is 54.6 Å². The first kappa shape index (κ1) is 21.8. The summed E-state index contributed by atoms with van der Waals surface area (Å²) in [7, 11) is 0. The second-order valence-corrected chi connectivity index (χ2v) is 6.10. The summed E-state index contributed by atoms with van der Waals surface area (Å²) in [5.41, 5.74) is -4.35. The molecule has 13 heteroatoms. The Labute approximate surface area is 169 Å². The molecule has 2 aromatic carbocycles. The van der Waals surface area contributed by atoms with Crippen LogP contribution in [0.2, 0.25) is 0 Å². The van der Waals surface area contributed by atoms with E-state index < -0.39 is 40.3 Å². The van der Waals surface area contributed by atoms with Crippen LogP contribution in [-0.4, -0.2) is 20.6 Å². The fourth-order valence-corrected chi connectivity index (χ4v) is 2.63. The van der Waals surface area contributed by atoms with Crippen LogP contribution in [0, 0.1) is 10.1 Å². The van der Waals surface area contributed by atoms with Crippen LogP contribution in [0.25, 0.3) is 5.69 Å². The van der Waals surface area contributed by atoms with Crippen molar-refractivity contribution in [3.05, 3.63) is 81.7 Å². The van der Waals surface area contributed by atoms with E-state index in [1.165, 1.54) is 18.2 Å². The number of hydrogen-bond acceptors (Lipinski definition) is 4. The van der Waals surface area contributed by atoms with E-state index in [2.05, 4.69) is 10.4 Å². The van der Waals surface area contributed by atoms with E-state index in [1.807, 2.05) is 0 Å². The van der Waals surface area contributed by atoms with E-state index in [1.54, 1.807) is 0 Å². The summed E-state index contributed by atoms with van der Waals surface area (Å²) in [6.07, 6.45) is -10.2. The fourth-order valence-electron chi connectivity index (χ4n) is 2.63. The van der Waals surface area contributed by atoms with Crippen molar-refractivity contribution in [3.63, 3.8) is 0 Å². The highest BCUT2D eigenvalue weighted by molar-refractivity contribution is 6.07. The standard InChI is InChI=1S/C18H10F6N4O3/c19-17(20,21)14-9-15(18(22,23)24)27(26-14)11-7-5-10(6-8-11)25-16(29)12-3-1-2-4-13(12)28(30)31/h1-9H,(H,25,29). The van der Waals surface area contributed by atoms with E-state index >= 15 is 0 Å². The molecule has 0 saturated heterocycles. The lowest BCUT2D eigenvalue weighted by Gasteiger charge is -2.11. The fraction of sp³-hybridized carbons (Fsp3) is 0.111. The molecule has 1 N–H and O–H groups in total. The van der Waals surface area contributed by atoms with Gasteiger partial charge in [0.2, 0.25) is 0 Å². The van der Waals surface area contributed by atoms with E-state index in [9.17, 15) is 41.3 Å². The zero-order valence-electron chi connectivity index (χ0n) is 15.0. The largest absolute Gasteiger partial charge is 0.435 e. The lowest BCUT2D eigenvalue weighted by atomic mass is 10.1. The minimum Gasteiger partial charge on any atom is -0.322 e. The number of halogens is 6. The number of nitro benzene ring substituents is 1. The summed E-state index contributed by atoms with van der Waals surface area (Å²) in [6.45, 7) is 0. The van der Waals surface area contributed by atoms with Crippen molar-refractivity contribution < 1.29 is 36.1 Å². The van der Waals surface area contributed by atoms with Gasteiger partial charge in [0.05, 0.1) is 10.6 Å². The van der Waals surface area contributed by atoms with Gasteiger partial charge in [-0.05, 0) is 30.3 Å². The van der Waals surface area contributed by atoms with Crippen molar-refractivity contribution in [1.29, 1.82) is 0 Å². The summed E-state index contributed by atoms with van der Waals surface area (Å²) in [4.78, 5) is 22.5. The lowest BCUT2D eigenvalue weighted by molar-refractivity contribution is -0.385. The molecule has 1 amide bonds. The van der Waals surface area contributed by atoms with Gasteiger partial charge in [0.25, 0.3) is 11.6 Å². The summed E-state index contributed by atoms with van der Waals surface area (Å²) >= 11 is 0. The van der Waals surface area contributed by atoms with Crippen LogP contribution in [0.1, 0.15) is 21.7 Å². The van der Waals surface area contributed by atoms with Gasteiger partial charge in [-0.15, -0.1) is 0 Å². The number of anilines is 1. The molecule has 1 heterocycles. The molecule has 3 rings (SSSR count). The molecular formula is C18H10F6N4O3. The molecule has 0 bridgehead atoms. The highest BCUT2D eigenvalue weighted by Gasteiger charge is 2.42. The number of rotatable bonds is 4. The smallest absolute Gasteiger partial charge is 0.322 e. The summed E-state index contributed by atoms with van der Waals surface area (Å²) in [5.74, 6) is -0.852.